The molecule has 4 heteroatoms. The highest BCUT2D eigenvalue weighted by Gasteiger charge is 2.19. The highest BCUT2D eigenvalue weighted by molar-refractivity contribution is 5.82. The first-order chi connectivity index (χ1) is 11.3. The van der Waals surface area contributed by atoms with Crippen molar-refractivity contribution >= 4 is 10.8 Å². The molecule has 0 amide bonds. The molecule has 1 aliphatic rings. The van der Waals surface area contributed by atoms with Gasteiger partial charge in [-0.25, -0.2) is 0 Å². The van der Waals surface area contributed by atoms with Crippen LogP contribution in [-0.4, -0.2) is 36.1 Å². The molecule has 1 N–H and O–H groups in total. The van der Waals surface area contributed by atoms with Crippen LogP contribution in [0.2, 0.25) is 0 Å². The van der Waals surface area contributed by atoms with Crippen LogP contribution in [0.4, 0.5) is 0 Å². The second-order valence-corrected chi connectivity index (χ2v) is 6.51. The van der Waals surface area contributed by atoms with Gasteiger partial charge in [-0.3, -0.25) is 4.79 Å². The molecule has 0 bridgehead atoms. The summed E-state index contributed by atoms with van der Waals surface area (Å²) in [5.74, 6) is 1.50. The van der Waals surface area contributed by atoms with Crippen LogP contribution >= 0.6 is 0 Å². The molecule has 23 heavy (non-hydrogen) atoms. The van der Waals surface area contributed by atoms with E-state index in [-0.39, 0.29) is 5.56 Å². The maximum atomic E-state index is 11.7. The quantitative estimate of drug-likeness (QED) is 0.888. The SMILES string of the molecule is CCCCN1CCC(COc2ccc3c(=O)[nH]ccc3c2)CC1. The van der Waals surface area contributed by atoms with Crippen LogP contribution in [0.1, 0.15) is 32.6 Å². The summed E-state index contributed by atoms with van der Waals surface area (Å²) in [5.41, 5.74) is -0.0477. The number of ether oxygens (including phenoxy) is 1. The van der Waals surface area contributed by atoms with Crippen LogP contribution in [-0.2, 0) is 0 Å². The van der Waals surface area contributed by atoms with Gasteiger partial charge in [0.1, 0.15) is 5.75 Å². The molecule has 4 nitrogen and oxygen atoms in total. The van der Waals surface area contributed by atoms with E-state index < -0.39 is 0 Å². The normalized spacial score (nSPS) is 16.7. The third-order valence-corrected chi connectivity index (χ3v) is 4.77. The molecule has 0 spiro atoms. The van der Waals surface area contributed by atoms with Gasteiger partial charge in [-0.2, -0.15) is 0 Å². The highest BCUT2D eigenvalue weighted by atomic mass is 16.5. The lowest BCUT2D eigenvalue weighted by atomic mass is 9.97. The van der Waals surface area contributed by atoms with E-state index in [9.17, 15) is 4.79 Å². The number of aromatic nitrogens is 1. The Kier molecular flexibility index (Phi) is 5.34. The number of piperidine rings is 1. The number of aromatic amines is 1. The summed E-state index contributed by atoms with van der Waals surface area (Å²) < 4.78 is 5.98. The molecular weight excluding hydrogens is 288 g/mol. The van der Waals surface area contributed by atoms with Gasteiger partial charge in [-0.1, -0.05) is 13.3 Å². The number of rotatable bonds is 6. The lowest BCUT2D eigenvalue weighted by molar-refractivity contribution is 0.140. The molecule has 1 aromatic carbocycles. The first-order valence-corrected chi connectivity index (χ1v) is 8.73. The smallest absolute Gasteiger partial charge is 0.255 e. The lowest BCUT2D eigenvalue weighted by Crippen LogP contribution is -2.36. The Morgan fingerprint density at radius 1 is 1.26 bits per heavy atom. The fourth-order valence-electron chi connectivity index (χ4n) is 3.23. The Morgan fingerprint density at radius 2 is 2.09 bits per heavy atom. The standard InChI is InChI=1S/C19H26N2O2/c1-2-3-10-21-11-7-15(8-12-21)14-23-17-4-5-18-16(13-17)6-9-20-19(18)22/h4-6,9,13,15H,2-3,7-8,10-12,14H2,1H3,(H,20,22). The van der Waals surface area contributed by atoms with Crippen molar-refractivity contribution in [3.05, 3.63) is 40.8 Å². The minimum atomic E-state index is -0.0477. The van der Waals surface area contributed by atoms with E-state index >= 15 is 0 Å². The van der Waals surface area contributed by atoms with E-state index in [4.69, 9.17) is 4.74 Å². The maximum absolute atomic E-state index is 11.7. The van der Waals surface area contributed by atoms with E-state index in [1.165, 1.54) is 45.3 Å². The zero-order chi connectivity index (χ0) is 16.1. The summed E-state index contributed by atoms with van der Waals surface area (Å²) in [6.07, 6.45) is 6.69. The van der Waals surface area contributed by atoms with Crippen LogP contribution < -0.4 is 10.3 Å². The summed E-state index contributed by atoms with van der Waals surface area (Å²) in [4.78, 5) is 17.0. The summed E-state index contributed by atoms with van der Waals surface area (Å²) in [7, 11) is 0. The van der Waals surface area contributed by atoms with Gasteiger partial charge in [0, 0.05) is 11.6 Å². The third kappa shape index (κ3) is 4.14. The number of nitrogens with one attached hydrogen (secondary N) is 1. The summed E-state index contributed by atoms with van der Waals surface area (Å²) in [6, 6.07) is 7.61. The predicted molar refractivity (Wildman–Crippen MR) is 94.1 cm³/mol. The minimum absolute atomic E-state index is 0.0477. The molecule has 1 fully saturated rings. The van der Waals surface area contributed by atoms with Crippen LogP contribution in [0.5, 0.6) is 5.75 Å². The topological polar surface area (TPSA) is 45.3 Å². The molecule has 0 atom stereocenters. The van der Waals surface area contributed by atoms with Gasteiger partial charge in [0.15, 0.2) is 0 Å². The number of unbranched alkanes of at least 4 members (excludes halogenated alkanes) is 1. The first-order valence-electron chi connectivity index (χ1n) is 8.73. The van der Waals surface area contributed by atoms with E-state index in [2.05, 4.69) is 16.8 Å². The van der Waals surface area contributed by atoms with E-state index in [0.29, 0.717) is 11.3 Å². The number of nitrogens with zero attached hydrogens (tertiary/aromatic N) is 1. The summed E-state index contributed by atoms with van der Waals surface area (Å²) >= 11 is 0. The number of pyridine rings is 1. The number of likely N-dealkylation sites (tertiary alicyclic amines) is 1. The molecular formula is C19H26N2O2. The largest absolute Gasteiger partial charge is 0.493 e. The maximum Gasteiger partial charge on any atom is 0.255 e. The Balaban J connectivity index is 1.52. The molecule has 1 saturated heterocycles. The van der Waals surface area contributed by atoms with Crippen molar-refractivity contribution in [2.24, 2.45) is 5.92 Å². The van der Waals surface area contributed by atoms with Crippen LogP contribution in [0.25, 0.3) is 10.8 Å². The summed E-state index contributed by atoms with van der Waals surface area (Å²) in [5, 5.41) is 1.64. The molecule has 124 valence electrons. The molecule has 0 radical (unpaired) electrons. The van der Waals surface area contributed by atoms with Gasteiger partial charge >= 0.3 is 0 Å². The number of fused-ring (bicyclic) bond motifs is 1. The average molecular weight is 314 g/mol. The molecule has 3 rings (SSSR count). The fraction of sp³-hybridized carbons (Fsp3) is 0.526. The van der Waals surface area contributed by atoms with Crippen molar-refractivity contribution in [3.63, 3.8) is 0 Å². The minimum Gasteiger partial charge on any atom is -0.493 e. The Hall–Kier alpha value is -1.81. The molecule has 2 heterocycles. The van der Waals surface area contributed by atoms with Crippen LogP contribution in [0.3, 0.4) is 0 Å². The van der Waals surface area contributed by atoms with Gasteiger partial charge in [0.25, 0.3) is 5.56 Å². The third-order valence-electron chi connectivity index (χ3n) is 4.77. The zero-order valence-electron chi connectivity index (χ0n) is 13.9. The molecule has 1 aromatic heterocycles. The van der Waals surface area contributed by atoms with E-state index in [0.717, 1.165) is 17.7 Å². The molecule has 1 aliphatic heterocycles. The number of hydrogen-bond acceptors (Lipinski definition) is 3. The van der Waals surface area contributed by atoms with Crippen LogP contribution in [0, 0.1) is 5.92 Å². The van der Waals surface area contributed by atoms with Gasteiger partial charge in [0.05, 0.1) is 6.61 Å². The zero-order valence-corrected chi connectivity index (χ0v) is 13.9. The molecule has 0 aliphatic carbocycles. The van der Waals surface area contributed by atoms with Gasteiger partial charge < -0.3 is 14.6 Å². The van der Waals surface area contributed by atoms with Gasteiger partial charge in [-0.05, 0) is 74.5 Å². The highest BCUT2D eigenvalue weighted by Crippen LogP contribution is 2.22. The monoisotopic (exact) mass is 314 g/mol. The predicted octanol–water partition coefficient (Wildman–Crippen LogP) is 3.42. The van der Waals surface area contributed by atoms with E-state index in [1.807, 2.05) is 24.3 Å². The van der Waals surface area contributed by atoms with Crippen molar-refractivity contribution < 1.29 is 4.74 Å². The number of benzene rings is 1. The second-order valence-electron chi connectivity index (χ2n) is 6.51. The van der Waals surface area contributed by atoms with Crippen molar-refractivity contribution in [1.29, 1.82) is 0 Å². The first kappa shape index (κ1) is 16.1. The fourth-order valence-corrected chi connectivity index (χ4v) is 3.23. The Morgan fingerprint density at radius 3 is 2.87 bits per heavy atom. The van der Waals surface area contributed by atoms with Crippen molar-refractivity contribution in [2.45, 2.75) is 32.6 Å². The van der Waals surface area contributed by atoms with Crippen molar-refractivity contribution in [2.75, 3.05) is 26.2 Å². The van der Waals surface area contributed by atoms with Gasteiger partial charge in [-0.15, -0.1) is 0 Å². The Labute approximate surface area is 137 Å². The van der Waals surface area contributed by atoms with Crippen molar-refractivity contribution in [3.8, 4) is 5.75 Å². The van der Waals surface area contributed by atoms with Crippen LogP contribution in [0.15, 0.2) is 35.3 Å². The second kappa shape index (κ2) is 7.64. The van der Waals surface area contributed by atoms with Gasteiger partial charge in [0.2, 0.25) is 0 Å². The molecule has 0 saturated carbocycles. The average Bonchev–Trinajstić information content (AvgIpc) is 2.59. The summed E-state index contributed by atoms with van der Waals surface area (Å²) in [6.45, 7) is 6.65. The Bertz CT molecular complexity index is 687. The van der Waals surface area contributed by atoms with Crippen molar-refractivity contribution in [1.82, 2.24) is 9.88 Å². The molecule has 0 unspecified atom stereocenters. The van der Waals surface area contributed by atoms with E-state index in [1.54, 1.807) is 6.20 Å². The number of hydrogen-bond donors (Lipinski definition) is 1. The molecule has 2 aromatic rings. The number of H-pyrrole nitrogens is 1. The lowest BCUT2D eigenvalue weighted by Gasteiger charge is -2.31.